The van der Waals surface area contributed by atoms with Crippen LogP contribution in [-0.2, 0) is 9.59 Å². The highest BCUT2D eigenvalue weighted by molar-refractivity contribution is 8.76. The summed E-state index contributed by atoms with van der Waals surface area (Å²) in [6.45, 7) is 7.12. The maximum atomic E-state index is 10.7. The van der Waals surface area contributed by atoms with Crippen LogP contribution in [0.15, 0.2) is 34.1 Å². The Labute approximate surface area is 171 Å². The van der Waals surface area contributed by atoms with Crippen molar-refractivity contribution in [2.45, 2.75) is 37.5 Å². The first kappa shape index (κ1) is 22.0. The zero-order chi connectivity index (χ0) is 20.8. The van der Waals surface area contributed by atoms with Crippen molar-refractivity contribution in [3.8, 4) is 11.5 Å². The molecule has 2 aromatic rings. The van der Waals surface area contributed by atoms with Gasteiger partial charge in [-0.05, 0) is 74.2 Å². The molecule has 0 heterocycles. The second kappa shape index (κ2) is 9.75. The third kappa shape index (κ3) is 6.10. The van der Waals surface area contributed by atoms with Crippen molar-refractivity contribution in [1.82, 2.24) is 0 Å². The third-order valence-corrected chi connectivity index (χ3v) is 6.76. The molecule has 0 fully saturated rings. The zero-order valence-corrected chi connectivity index (χ0v) is 17.7. The number of benzene rings is 2. The lowest BCUT2D eigenvalue weighted by molar-refractivity contribution is -0.140. The van der Waals surface area contributed by atoms with E-state index in [4.69, 9.17) is 19.7 Å². The first-order chi connectivity index (χ1) is 13.2. The second-order valence-corrected chi connectivity index (χ2v) is 8.45. The van der Waals surface area contributed by atoms with E-state index in [9.17, 15) is 9.59 Å². The standard InChI is InChI=1S/C20H22O6S2/c1-11-5-15(25-9-17(21)22)6-12(2)19(11)27-28-20-13(3)7-16(8-14(20)4)26-10-18(23)24/h5-8H,9-10H2,1-4H3,(H,21,22)(H,23,24). The molecule has 0 amide bonds. The summed E-state index contributed by atoms with van der Waals surface area (Å²) < 4.78 is 10.5. The fourth-order valence-corrected chi connectivity index (χ4v) is 5.63. The minimum atomic E-state index is -1.01. The molecule has 0 unspecified atom stereocenters. The van der Waals surface area contributed by atoms with Crippen LogP contribution in [0.2, 0.25) is 0 Å². The molecule has 0 aliphatic carbocycles. The van der Waals surface area contributed by atoms with E-state index >= 15 is 0 Å². The molecule has 0 radical (unpaired) electrons. The quantitative estimate of drug-likeness (QED) is 0.564. The van der Waals surface area contributed by atoms with Crippen molar-refractivity contribution < 1.29 is 29.3 Å². The van der Waals surface area contributed by atoms with Gasteiger partial charge >= 0.3 is 11.9 Å². The molecule has 0 aliphatic heterocycles. The topological polar surface area (TPSA) is 93.1 Å². The number of hydrogen-bond donors (Lipinski definition) is 2. The van der Waals surface area contributed by atoms with Gasteiger partial charge in [0.25, 0.3) is 0 Å². The number of aliphatic carboxylic acids is 2. The maximum Gasteiger partial charge on any atom is 0.341 e. The summed E-state index contributed by atoms with van der Waals surface area (Å²) in [6.07, 6.45) is 0. The first-order valence-electron chi connectivity index (χ1n) is 8.43. The molecule has 0 aliphatic rings. The Hall–Kier alpha value is -2.32. The summed E-state index contributed by atoms with van der Waals surface area (Å²) in [5, 5.41) is 17.5. The Kier molecular flexibility index (Phi) is 7.65. The SMILES string of the molecule is Cc1cc(OCC(=O)O)cc(C)c1SSc1c(C)cc(OCC(=O)O)cc1C. The smallest absolute Gasteiger partial charge is 0.341 e. The van der Waals surface area contributed by atoms with Crippen LogP contribution in [0.1, 0.15) is 22.3 Å². The van der Waals surface area contributed by atoms with Crippen molar-refractivity contribution in [1.29, 1.82) is 0 Å². The van der Waals surface area contributed by atoms with Crippen molar-refractivity contribution in [2.75, 3.05) is 13.2 Å². The van der Waals surface area contributed by atoms with E-state index in [0.29, 0.717) is 11.5 Å². The van der Waals surface area contributed by atoms with E-state index in [-0.39, 0.29) is 13.2 Å². The van der Waals surface area contributed by atoms with Gasteiger partial charge in [0.2, 0.25) is 0 Å². The van der Waals surface area contributed by atoms with E-state index in [1.54, 1.807) is 21.6 Å². The van der Waals surface area contributed by atoms with Crippen LogP contribution in [-0.4, -0.2) is 35.4 Å². The van der Waals surface area contributed by atoms with E-state index < -0.39 is 11.9 Å². The molecule has 0 bridgehead atoms. The molecule has 2 aromatic carbocycles. The second-order valence-electron chi connectivity index (χ2n) is 6.30. The first-order valence-corrected chi connectivity index (χ1v) is 10.6. The Morgan fingerprint density at radius 3 is 1.25 bits per heavy atom. The van der Waals surface area contributed by atoms with E-state index in [1.165, 1.54) is 0 Å². The number of rotatable bonds is 9. The highest BCUT2D eigenvalue weighted by Gasteiger charge is 2.12. The molecule has 0 aromatic heterocycles. The van der Waals surface area contributed by atoms with E-state index in [2.05, 4.69) is 0 Å². The highest BCUT2D eigenvalue weighted by Crippen LogP contribution is 2.44. The van der Waals surface area contributed by atoms with Crippen LogP contribution >= 0.6 is 21.6 Å². The molecular formula is C20H22O6S2. The van der Waals surface area contributed by atoms with Crippen molar-refractivity contribution in [3.05, 3.63) is 46.5 Å². The van der Waals surface area contributed by atoms with Crippen molar-refractivity contribution >= 4 is 33.5 Å². The predicted molar refractivity (Wildman–Crippen MR) is 110 cm³/mol. The Bertz CT molecular complexity index is 775. The molecular weight excluding hydrogens is 400 g/mol. The number of hydrogen-bond acceptors (Lipinski definition) is 6. The van der Waals surface area contributed by atoms with Gasteiger partial charge in [0.05, 0.1) is 0 Å². The summed E-state index contributed by atoms with van der Waals surface area (Å²) >= 11 is 0. The van der Waals surface area contributed by atoms with Gasteiger partial charge in [0, 0.05) is 9.79 Å². The Balaban J connectivity index is 2.13. The summed E-state index contributed by atoms with van der Waals surface area (Å²) in [4.78, 5) is 23.5. The molecule has 6 nitrogen and oxygen atoms in total. The molecule has 2 rings (SSSR count). The van der Waals surface area contributed by atoms with Crippen LogP contribution in [0.25, 0.3) is 0 Å². The van der Waals surface area contributed by atoms with Gasteiger partial charge < -0.3 is 19.7 Å². The molecule has 28 heavy (non-hydrogen) atoms. The average Bonchev–Trinajstić information content (AvgIpc) is 2.59. The normalized spacial score (nSPS) is 10.6. The lowest BCUT2D eigenvalue weighted by Gasteiger charge is -2.15. The number of aryl methyl sites for hydroxylation is 4. The van der Waals surface area contributed by atoms with Gasteiger partial charge in [0.15, 0.2) is 13.2 Å². The van der Waals surface area contributed by atoms with E-state index in [0.717, 1.165) is 32.0 Å². The van der Waals surface area contributed by atoms with Crippen LogP contribution in [0.5, 0.6) is 11.5 Å². The Morgan fingerprint density at radius 1 is 0.714 bits per heavy atom. The molecule has 0 saturated carbocycles. The predicted octanol–water partition coefficient (Wildman–Crippen LogP) is 4.65. The molecule has 0 atom stereocenters. The monoisotopic (exact) mass is 422 g/mol. The van der Waals surface area contributed by atoms with Gasteiger partial charge in [-0.1, -0.05) is 21.6 Å². The summed E-state index contributed by atoms with van der Waals surface area (Å²) in [5.74, 6) is -0.935. The minimum Gasteiger partial charge on any atom is -0.482 e. The number of carboxylic acids is 2. The molecule has 8 heteroatoms. The molecule has 2 N–H and O–H groups in total. The number of carboxylic acid groups (broad SMARTS) is 2. The lowest BCUT2D eigenvalue weighted by atomic mass is 10.1. The van der Waals surface area contributed by atoms with Gasteiger partial charge in [0.1, 0.15) is 11.5 Å². The van der Waals surface area contributed by atoms with Gasteiger partial charge in [-0.2, -0.15) is 0 Å². The van der Waals surface area contributed by atoms with Crippen molar-refractivity contribution in [3.63, 3.8) is 0 Å². The Morgan fingerprint density at radius 2 is 1.00 bits per heavy atom. The van der Waals surface area contributed by atoms with Crippen molar-refractivity contribution in [2.24, 2.45) is 0 Å². The van der Waals surface area contributed by atoms with Crippen LogP contribution < -0.4 is 9.47 Å². The van der Waals surface area contributed by atoms with Gasteiger partial charge in [-0.15, -0.1) is 0 Å². The summed E-state index contributed by atoms with van der Waals surface area (Å²) in [7, 11) is 3.24. The largest absolute Gasteiger partial charge is 0.482 e. The molecule has 150 valence electrons. The van der Waals surface area contributed by atoms with Crippen LogP contribution in [0.3, 0.4) is 0 Å². The van der Waals surface area contributed by atoms with Gasteiger partial charge in [-0.25, -0.2) is 9.59 Å². The fraction of sp³-hybridized carbons (Fsp3) is 0.300. The average molecular weight is 423 g/mol. The fourth-order valence-electron chi connectivity index (χ4n) is 2.62. The third-order valence-electron chi connectivity index (χ3n) is 3.80. The molecule has 0 saturated heterocycles. The minimum absolute atomic E-state index is 0.366. The van der Waals surface area contributed by atoms with Crippen LogP contribution in [0, 0.1) is 27.7 Å². The lowest BCUT2D eigenvalue weighted by Crippen LogP contribution is -2.09. The highest BCUT2D eigenvalue weighted by atomic mass is 33.1. The maximum absolute atomic E-state index is 10.7. The van der Waals surface area contributed by atoms with Gasteiger partial charge in [-0.3, -0.25) is 0 Å². The number of carbonyl (C=O) groups is 2. The number of ether oxygens (including phenoxy) is 2. The molecule has 0 spiro atoms. The summed E-state index contributed by atoms with van der Waals surface area (Å²) in [6, 6.07) is 7.34. The van der Waals surface area contributed by atoms with E-state index in [1.807, 2.05) is 52.0 Å². The summed E-state index contributed by atoms with van der Waals surface area (Å²) in [5.41, 5.74) is 4.04. The zero-order valence-electron chi connectivity index (χ0n) is 16.1. The van der Waals surface area contributed by atoms with Crippen LogP contribution in [0.4, 0.5) is 0 Å².